The summed E-state index contributed by atoms with van der Waals surface area (Å²) in [6.07, 6.45) is 0.0854. The van der Waals surface area contributed by atoms with Crippen LogP contribution < -0.4 is 14.8 Å². The first kappa shape index (κ1) is 18.1. The van der Waals surface area contributed by atoms with Crippen LogP contribution in [-0.2, 0) is 11.2 Å². The number of aromatic nitrogens is 1. The monoisotopic (exact) mass is 376 g/mol. The molecule has 7 heteroatoms. The summed E-state index contributed by atoms with van der Waals surface area (Å²) < 4.78 is 24.0. The van der Waals surface area contributed by atoms with E-state index in [0.29, 0.717) is 27.6 Å². The number of halogens is 2. The van der Waals surface area contributed by atoms with Crippen molar-refractivity contribution in [2.45, 2.75) is 13.3 Å². The van der Waals surface area contributed by atoms with Gasteiger partial charge in [-0.25, -0.2) is 4.39 Å². The first-order valence-electron chi connectivity index (χ1n) is 7.91. The lowest BCUT2D eigenvalue weighted by molar-refractivity contribution is -0.115. The number of hydrogen-bond acceptors (Lipinski definition) is 3. The third-order valence-electron chi connectivity index (χ3n) is 4.17. The van der Waals surface area contributed by atoms with E-state index in [1.807, 2.05) is 6.92 Å². The predicted octanol–water partition coefficient (Wildman–Crippen LogP) is 4.47. The summed E-state index contributed by atoms with van der Waals surface area (Å²) >= 11 is 6.13. The SMILES string of the molecule is COc1cc(OC)c(NC(=O)Cc2c(C)[nH]c3ccc(F)cc23)cc1Cl. The maximum Gasteiger partial charge on any atom is 0.228 e. The van der Waals surface area contributed by atoms with Gasteiger partial charge in [-0.1, -0.05) is 11.6 Å². The van der Waals surface area contributed by atoms with Crippen molar-refractivity contribution >= 4 is 34.1 Å². The molecule has 0 unspecified atom stereocenters. The van der Waals surface area contributed by atoms with Crippen molar-refractivity contribution in [3.63, 3.8) is 0 Å². The van der Waals surface area contributed by atoms with Crippen LogP contribution in [0.3, 0.4) is 0 Å². The topological polar surface area (TPSA) is 63.4 Å². The van der Waals surface area contributed by atoms with Crippen LogP contribution in [0, 0.1) is 12.7 Å². The second-order valence-corrected chi connectivity index (χ2v) is 6.24. The molecule has 0 fully saturated rings. The van der Waals surface area contributed by atoms with Gasteiger partial charge in [0.25, 0.3) is 0 Å². The lowest BCUT2D eigenvalue weighted by Crippen LogP contribution is -2.15. The number of aromatic amines is 1. The van der Waals surface area contributed by atoms with Gasteiger partial charge in [0, 0.05) is 22.7 Å². The number of fused-ring (bicyclic) bond motifs is 1. The number of hydrogen-bond donors (Lipinski definition) is 2. The molecule has 1 amide bonds. The molecule has 0 bridgehead atoms. The Kier molecular flexibility index (Phi) is 5.04. The Balaban J connectivity index is 1.87. The maximum absolute atomic E-state index is 13.6. The smallest absolute Gasteiger partial charge is 0.228 e. The van der Waals surface area contributed by atoms with Crippen LogP contribution in [0.1, 0.15) is 11.3 Å². The first-order chi connectivity index (χ1) is 12.4. The number of methoxy groups -OCH3 is 2. The molecule has 0 aliphatic rings. The van der Waals surface area contributed by atoms with Crippen LogP contribution in [0.25, 0.3) is 10.9 Å². The molecule has 0 saturated heterocycles. The molecular weight excluding hydrogens is 359 g/mol. The van der Waals surface area contributed by atoms with E-state index in [1.54, 1.807) is 18.2 Å². The van der Waals surface area contributed by atoms with Gasteiger partial charge in [-0.2, -0.15) is 0 Å². The highest BCUT2D eigenvalue weighted by atomic mass is 35.5. The van der Waals surface area contributed by atoms with Crippen LogP contribution in [0.4, 0.5) is 10.1 Å². The third kappa shape index (κ3) is 3.46. The van der Waals surface area contributed by atoms with Crippen molar-refractivity contribution in [2.24, 2.45) is 0 Å². The fourth-order valence-electron chi connectivity index (χ4n) is 2.90. The molecule has 0 atom stereocenters. The van der Waals surface area contributed by atoms with E-state index in [9.17, 15) is 9.18 Å². The number of anilines is 1. The Hall–Kier alpha value is -2.73. The van der Waals surface area contributed by atoms with Gasteiger partial charge in [0.2, 0.25) is 5.91 Å². The summed E-state index contributed by atoms with van der Waals surface area (Å²) in [6.45, 7) is 1.85. The number of carbonyl (C=O) groups excluding carboxylic acids is 1. The van der Waals surface area contributed by atoms with Gasteiger partial charge in [0.15, 0.2) is 0 Å². The van der Waals surface area contributed by atoms with E-state index < -0.39 is 0 Å². The van der Waals surface area contributed by atoms with Gasteiger partial charge < -0.3 is 19.8 Å². The molecule has 0 aliphatic heterocycles. The molecule has 0 aliphatic carbocycles. The van der Waals surface area contributed by atoms with Crippen LogP contribution >= 0.6 is 11.6 Å². The molecule has 0 saturated carbocycles. The first-order valence-corrected chi connectivity index (χ1v) is 8.28. The van der Waals surface area contributed by atoms with Crippen molar-refractivity contribution in [3.8, 4) is 11.5 Å². The summed E-state index contributed by atoms with van der Waals surface area (Å²) in [7, 11) is 2.99. The summed E-state index contributed by atoms with van der Waals surface area (Å²) in [5.41, 5.74) is 2.79. The standard InChI is InChI=1S/C19H18ClFN2O3/c1-10-12(13-6-11(21)4-5-15(13)22-10)7-19(24)23-16-8-14(20)17(25-2)9-18(16)26-3/h4-6,8-9,22H,7H2,1-3H3,(H,23,24). The number of H-pyrrole nitrogens is 1. The van der Waals surface area contributed by atoms with Gasteiger partial charge in [-0.3, -0.25) is 4.79 Å². The summed E-state index contributed by atoms with van der Waals surface area (Å²) in [5, 5.41) is 3.83. The Bertz CT molecular complexity index is 985. The average Bonchev–Trinajstić information content (AvgIpc) is 2.90. The van der Waals surface area contributed by atoms with Gasteiger partial charge in [-0.05, 0) is 36.8 Å². The van der Waals surface area contributed by atoms with E-state index in [1.165, 1.54) is 26.4 Å². The Morgan fingerprint density at radius 1 is 1.19 bits per heavy atom. The van der Waals surface area contributed by atoms with Crippen LogP contribution in [0.15, 0.2) is 30.3 Å². The number of carbonyl (C=O) groups is 1. The molecule has 0 radical (unpaired) electrons. The molecule has 2 N–H and O–H groups in total. The number of ether oxygens (including phenoxy) is 2. The minimum Gasteiger partial charge on any atom is -0.495 e. The number of aryl methyl sites for hydroxylation is 1. The normalized spacial score (nSPS) is 10.8. The van der Waals surface area contributed by atoms with Crippen molar-refractivity contribution < 1.29 is 18.7 Å². The van der Waals surface area contributed by atoms with Crippen LogP contribution in [0.5, 0.6) is 11.5 Å². The molecule has 2 aromatic carbocycles. The lowest BCUT2D eigenvalue weighted by atomic mass is 10.1. The molecule has 5 nitrogen and oxygen atoms in total. The van der Waals surface area contributed by atoms with E-state index in [0.717, 1.165) is 16.8 Å². The van der Waals surface area contributed by atoms with E-state index in [4.69, 9.17) is 21.1 Å². The number of nitrogens with one attached hydrogen (secondary N) is 2. The molecule has 1 aromatic heterocycles. The van der Waals surface area contributed by atoms with E-state index in [-0.39, 0.29) is 18.1 Å². The largest absolute Gasteiger partial charge is 0.495 e. The van der Waals surface area contributed by atoms with Crippen molar-refractivity contribution in [2.75, 3.05) is 19.5 Å². The average molecular weight is 377 g/mol. The zero-order valence-electron chi connectivity index (χ0n) is 14.6. The summed E-state index contributed by atoms with van der Waals surface area (Å²) in [4.78, 5) is 15.7. The van der Waals surface area contributed by atoms with Crippen molar-refractivity contribution in [1.29, 1.82) is 0 Å². The second-order valence-electron chi connectivity index (χ2n) is 5.83. The van der Waals surface area contributed by atoms with Crippen molar-refractivity contribution in [3.05, 3.63) is 52.4 Å². The van der Waals surface area contributed by atoms with Gasteiger partial charge in [0.05, 0.1) is 31.4 Å². The highest BCUT2D eigenvalue weighted by Crippen LogP contribution is 2.36. The molecule has 0 spiro atoms. The second kappa shape index (κ2) is 7.25. The molecular formula is C19H18ClFN2O3. The summed E-state index contributed by atoms with van der Waals surface area (Å²) in [6, 6.07) is 7.63. The van der Waals surface area contributed by atoms with Gasteiger partial charge in [0.1, 0.15) is 17.3 Å². The minimum absolute atomic E-state index is 0.0854. The predicted molar refractivity (Wildman–Crippen MR) is 99.9 cm³/mol. The molecule has 3 rings (SSSR count). The molecule has 3 aromatic rings. The zero-order valence-corrected chi connectivity index (χ0v) is 15.3. The molecule has 136 valence electrons. The fourth-order valence-corrected chi connectivity index (χ4v) is 3.14. The Morgan fingerprint density at radius 3 is 2.62 bits per heavy atom. The molecule has 26 heavy (non-hydrogen) atoms. The molecule has 1 heterocycles. The fraction of sp³-hybridized carbons (Fsp3) is 0.211. The Labute approximate surface area is 155 Å². The van der Waals surface area contributed by atoms with Crippen molar-refractivity contribution in [1.82, 2.24) is 4.98 Å². The number of rotatable bonds is 5. The minimum atomic E-state index is -0.346. The van der Waals surface area contributed by atoms with Crippen LogP contribution in [0.2, 0.25) is 5.02 Å². The van der Waals surface area contributed by atoms with Crippen LogP contribution in [-0.4, -0.2) is 25.1 Å². The van der Waals surface area contributed by atoms with Gasteiger partial charge >= 0.3 is 0 Å². The van der Waals surface area contributed by atoms with Gasteiger partial charge in [-0.15, -0.1) is 0 Å². The van der Waals surface area contributed by atoms with E-state index >= 15 is 0 Å². The highest BCUT2D eigenvalue weighted by Gasteiger charge is 2.16. The zero-order chi connectivity index (χ0) is 18.8. The summed E-state index contributed by atoms with van der Waals surface area (Å²) in [5.74, 6) is 0.269. The maximum atomic E-state index is 13.6. The number of amides is 1. The Morgan fingerprint density at radius 2 is 1.92 bits per heavy atom. The third-order valence-corrected chi connectivity index (χ3v) is 4.46. The van der Waals surface area contributed by atoms with E-state index in [2.05, 4.69) is 10.3 Å². The quantitative estimate of drug-likeness (QED) is 0.690. The lowest BCUT2D eigenvalue weighted by Gasteiger charge is -2.13. The number of benzene rings is 2. The highest BCUT2D eigenvalue weighted by molar-refractivity contribution is 6.32.